The van der Waals surface area contributed by atoms with Crippen LogP contribution in [0.2, 0.25) is 0 Å². The molecule has 6 unspecified atom stereocenters. The van der Waals surface area contributed by atoms with E-state index in [1.807, 2.05) is 0 Å². The fraction of sp³-hybridized carbons (Fsp3) is 0.382. The minimum absolute atomic E-state index is 0.0461. The van der Waals surface area contributed by atoms with E-state index in [2.05, 4.69) is 0 Å². The predicted octanol–water partition coefficient (Wildman–Crippen LogP) is 5.08. The van der Waals surface area contributed by atoms with Gasteiger partial charge in [-0.15, -0.1) is 23.2 Å². The number of likely N-dealkylation sites (tertiary alicyclic amines) is 1. The molecule has 52 heavy (non-hydrogen) atoms. The maximum atomic E-state index is 15.2. The number of aliphatic carboxylic acids is 1. The number of aromatic hydroxyl groups is 1. The fourth-order valence-electron chi connectivity index (χ4n) is 7.71. The largest absolute Gasteiger partial charge is 0.502 e. The number of benzene rings is 2. The summed E-state index contributed by atoms with van der Waals surface area (Å²) >= 11 is 14.1. The van der Waals surface area contributed by atoms with Gasteiger partial charge in [0.25, 0.3) is 11.8 Å². The highest BCUT2D eigenvalue weighted by Gasteiger charge is 2.76. The second-order valence-electron chi connectivity index (χ2n) is 12.7. The Hall–Kier alpha value is -4.70. The van der Waals surface area contributed by atoms with Crippen LogP contribution in [0.3, 0.4) is 0 Å². The Morgan fingerprint density at radius 3 is 2.06 bits per heavy atom. The average Bonchev–Trinajstić information content (AvgIpc) is 3.44. The molecule has 4 amide bonds. The highest BCUT2D eigenvalue weighted by Crippen LogP contribution is 2.64. The number of anilines is 1. The average molecular weight is 773 g/mol. The van der Waals surface area contributed by atoms with Crippen LogP contribution < -0.4 is 14.4 Å². The quantitative estimate of drug-likeness (QED) is 0.0889. The third-order valence-corrected chi connectivity index (χ3v) is 11.6. The maximum Gasteiger partial charge on any atom is 0.303 e. The summed E-state index contributed by atoms with van der Waals surface area (Å²) in [5.74, 6) is -23.5. The second-order valence-corrected chi connectivity index (χ2v) is 13.9. The summed E-state index contributed by atoms with van der Waals surface area (Å²) in [6, 6.07) is 2.71. The van der Waals surface area contributed by atoms with Crippen molar-refractivity contribution in [2.75, 3.05) is 25.7 Å². The highest BCUT2D eigenvalue weighted by molar-refractivity contribution is 6.58. The molecule has 0 spiro atoms. The van der Waals surface area contributed by atoms with Gasteiger partial charge in [-0.25, -0.2) is 26.9 Å². The molecule has 1 saturated carbocycles. The summed E-state index contributed by atoms with van der Waals surface area (Å²) in [6.45, 7) is -0.232. The van der Waals surface area contributed by atoms with Gasteiger partial charge < -0.3 is 19.7 Å². The monoisotopic (exact) mass is 772 g/mol. The zero-order chi connectivity index (χ0) is 38.2. The van der Waals surface area contributed by atoms with Crippen molar-refractivity contribution in [2.24, 2.45) is 23.7 Å². The number of methoxy groups -OCH3 is 2. The molecule has 11 nitrogen and oxygen atoms in total. The Balaban J connectivity index is 1.52. The van der Waals surface area contributed by atoms with Gasteiger partial charge in [0.1, 0.15) is 5.69 Å². The van der Waals surface area contributed by atoms with Crippen LogP contribution in [-0.4, -0.2) is 75.2 Å². The molecule has 0 radical (unpaired) electrons. The van der Waals surface area contributed by atoms with E-state index in [1.165, 1.54) is 44.6 Å². The third-order valence-electron chi connectivity index (χ3n) is 10.1. The SMILES string of the molecule is COc1cc(C=CC2C3=CCC4C(=O)N(CCCC(=O)O)C(=O)C4C3CC3(Cl)C(=O)N(c4c(F)c(F)c(F)c(F)c4F)C(=O)C23Cl)cc(OC)c1O. The number of alkyl halides is 2. The van der Waals surface area contributed by atoms with Crippen molar-refractivity contribution in [1.29, 1.82) is 0 Å². The van der Waals surface area contributed by atoms with Gasteiger partial charge in [0.2, 0.25) is 23.4 Å². The number of hydrogen-bond acceptors (Lipinski definition) is 8. The van der Waals surface area contributed by atoms with E-state index in [0.29, 0.717) is 0 Å². The number of imide groups is 2. The number of phenols is 1. The van der Waals surface area contributed by atoms with Gasteiger partial charge in [0.05, 0.1) is 26.1 Å². The number of fused-ring (bicyclic) bond motifs is 4. The molecule has 0 aromatic heterocycles. The standard InChI is InChI=1S/C34H27Cl2F5N2O9/c1-51-18-10-13(11-19(52-2)28(18)46)5-8-17-14-6-7-15-21(30(48)42(29(15)47)9-3-4-20(44)45)16(14)12-33(35)31(49)43(32(50)34(17,33)36)27-25(40)23(38)22(37)24(39)26(27)41/h5-6,8,10-11,15-17,21,46H,3-4,7,9,12H2,1-2H3,(H,44,45). The van der Waals surface area contributed by atoms with Gasteiger partial charge in [0, 0.05) is 18.9 Å². The van der Waals surface area contributed by atoms with E-state index in [-0.39, 0.29) is 59.1 Å². The number of ether oxygens (including phenoxy) is 2. The minimum atomic E-state index is -2.71. The van der Waals surface area contributed by atoms with Gasteiger partial charge >= 0.3 is 5.97 Å². The van der Waals surface area contributed by atoms with E-state index in [1.54, 1.807) is 0 Å². The highest BCUT2D eigenvalue weighted by atomic mass is 35.5. The van der Waals surface area contributed by atoms with E-state index in [4.69, 9.17) is 37.8 Å². The van der Waals surface area contributed by atoms with Crippen molar-refractivity contribution < 1.29 is 65.6 Å². The van der Waals surface area contributed by atoms with Crippen molar-refractivity contribution in [2.45, 2.75) is 35.4 Å². The van der Waals surface area contributed by atoms with Crippen LogP contribution >= 0.6 is 23.2 Å². The summed E-state index contributed by atoms with van der Waals surface area (Å²) in [4.78, 5) is 62.1. The number of halogens is 7. The maximum absolute atomic E-state index is 15.2. The lowest BCUT2D eigenvalue weighted by atomic mass is 9.57. The van der Waals surface area contributed by atoms with Gasteiger partial charge in [-0.3, -0.25) is 28.9 Å². The first-order valence-electron chi connectivity index (χ1n) is 15.6. The summed E-state index contributed by atoms with van der Waals surface area (Å²) < 4.78 is 83.6. The number of allylic oxidation sites excluding steroid dienone is 3. The molecule has 276 valence electrons. The van der Waals surface area contributed by atoms with Gasteiger partial charge in [-0.1, -0.05) is 23.8 Å². The molecule has 2 saturated heterocycles. The number of phenolic OH excluding ortho intramolecular Hbond substituents is 1. The number of nitrogens with zero attached hydrogens (tertiary/aromatic N) is 2. The van der Waals surface area contributed by atoms with Crippen molar-refractivity contribution >= 4 is 64.6 Å². The Kier molecular flexibility index (Phi) is 9.31. The molecule has 2 aromatic rings. The van der Waals surface area contributed by atoms with Crippen molar-refractivity contribution in [3.8, 4) is 17.2 Å². The van der Waals surface area contributed by atoms with E-state index < -0.39 is 104 Å². The Bertz CT molecular complexity index is 1970. The Labute approximate surface area is 301 Å². The second kappa shape index (κ2) is 13.1. The zero-order valence-electron chi connectivity index (χ0n) is 27.0. The molecule has 6 atom stereocenters. The number of carboxylic acids is 1. The van der Waals surface area contributed by atoms with E-state index in [0.717, 1.165) is 4.90 Å². The van der Waals surface area contributed by atoms with Crippen molar-refractivity contribution in [3.63, 3.8) is 0 Å². The molecule has 2 heterocycles. The third kappa shape index (κ3) is 5.16. The molecule has 0 bridgehead atoms. The molecule has 3 fully saturated rings. The molecule has 18 heteroatoms. The van der Waals surface area contributed by atoms with Crippen LogP contribution in [0.5, 0.6) is 17.2 Å². The number of carbonyl (C=O) groups excluding carboxylic acids is 4. The van der Waals surface area contributed by atoms with Crippen molar-refractivity contribution in [1.82, 2.24) is 4.90 Å². The molecular weight excluding hydrogens is 746 g/mol. The lowest BCUT2D eigenvalue weighted by Crippen LogP contribution is -2.60. The summed E-state index contributed by atoms with van der Waals surface area (Å²) in [6.07, 6.45) is 2.99. The van der Waals surface area contributed by atoms with Crippen LogP contribution in [0.1, 0.15) is 31.2 Å². The first kappa shape index (κ1) is 37.1. The molecule has 6 rings (SSSR count). The number of carboxylic acid groups (broad SMARTS) is 1. The van der Waals surface area contributed by atoms with Crippen LogP contribution in [0.25, 0.3) is 6.08 Å². The molecule has 2 aromatic carbocycles. The topological polar surface area (TPSA) is 151 Å². The van der Waals surface area contributed by atoms with Gasteiger partial charge in [-0.2, -0.15) is 0 Å². The zero-order valence-corrected chi connectivity index (χ0v) is 28.5. The number of amides is 4. The lowest BCUT2D eigenvalue weighted by molar-refractivity contribution is -0.142. The Morgan fingerprint density at radius 1 is 0.923 bits per heavy atom. The van der Waals surface area contributed by atoms with Crippen LogP contribution in [0.4, 0.5) is 27.6 Å². The fourth-order valence-corrected chi connectivity index (χ4v) is 8.60. The lowest BCUT2D eigenvalue weighted by Gasteiger charge is -2.49. The molecule has 4 aliphatic rings. The Morgan fingerprint density at radius 2 is 1.50 bits per heavy atom. The van der Waals surface area contributed by atoms with Crippen LogP contribution in [0.15, 0.2) is 29.9 Å². The predicted molar refractivity (Wildman–Crippen MR) is 171 cm³/mol. The van der Waals surface area contributed by atoms with E-state index >= 15 is 8.78 Å². The number of rotatable bonds is 9. The first-order valence-corrected chi connectivity index (χ1v) is 16.4. The summed E-state index contributed by atoms with van der Waals surface area (Å²) in [5, 5.41) is 19.4. The molecular formula is C34H27Cl2F5N2O9. The number of carbonyl (C=O) groups is 5. The van der Waals surface area contributed by atoms with Crippen LogP contribution in [0, 0.1) is 52.8 Å². The number of hydrogen-bond donors (Lipinski definition) is 2. The van der Waals surface area contributed by atoms with Crippen LogP contribution in [-0.2, 0) is 24.0 Å². The summed E-state index contributed by atoms with van der Waals surface area (Å²) in [7, 11) is 2.52. The molecule has 2 N–H and O–H groups in total. The molecule has 2 aliphatic heterocycles. The van der Waals surface area contributed by atoms with E-state index in [9.17, 15) is 42.3 Å². The van der Waals surface area contributed by atoms with Crippen molar-refractivity contribution in [3.05, 3.63) is 64.5 Å². The first-order chi connectivity index (χ1) is 24.5. The summed E-state index contributed by atoms with van der Waals surface area (Å²) in [5.41, 5.74) is -1.42. The normalized spacial score (nSPS) is 28.3. The molecule has 2 aliphatic carbocycles. The van der Waals surface area contributed by atoms with Gasteiger partial charge in [-0.05, 0) is 42.9 Å². The smallest absolute Gasteiger partial charge is 0.303 e. The van der Waals surface area contributed by atoms with Gasteiger partial charge in [0.15, 0.2) is 44.5 Å². The minimum Gasteiger partial charge on any atom is -0.502 e.